The van der Waals surface area contributed by atoms with Crippen molar-refractivity contribution in [3.05, 3.63) is 34.6 Å². The van der Waals surface area contributed by atoms with Gasteiger partial charge in [-0.05, 0) is 38.0 Å². The molecule has 1 saturated carbocycles. The van der Waals surface area contributed by atoms with Gasteiger partial charge in [-0.25, -0.2) is 4.39 Å². The molecule has 1 aromatic rings. The molecule has 1 aliphatic carbocycles. The molecule has 0 aromatic heterocycles. The van der Waals surface area contributed by atoms with E-state index in [-0.39, 0.29) is 11.4 Å². The van der Waals surface area contributed by atoms with E-state index in [4.69, 9.17) is 11.6 Å². The summed E-state index contributed by atoms with van der Waals surface area (Å²) in [4.78, 5) is 0. The summed E-state index contributed by atoms with van der Waals surface area (Å²) in [6.45, 7) is 2.79. The van der Waals surface area contributed by atoms with E-state index < -0.39 is 0 Å². The second-order valence-corrected chi connectivity index (χ2v) is 5.65. The van der Waals surface area contributed by atoms with E-state index in [1.165, 1.54) is 38.2 Å². The first-order chi connectivity index (χ1) is 8.09. The molecule has 17 heavy (non-hydrogen) atoms. The summed E-state index contributed by atoms with van der Waals surface area (Å²) in [6.07, 6.45) is 6.20. The number of nitrogens with one attached hydrogen (secondary N) is 1. The molecule has 1 aromatic carbocycles. The van der Waals surface area contributed by atoms with Crippen molar-refractivity contribution in [2.75, 3.05) is 0 Å². The maximum Gasteiger partial charge on any atom is 0.127 e. The van der Waals surface area contributed by atoms with Crippen LogP contribution in [0.15, 0.2) is 18.2 Å². The van der Waals surface area contributed by atoms with Crippen molar-refractivity contribution in [3.8, 4) is 0 Å². The molecule has 1 nitrogen and oxygen atoms in total. The third-order valence-electron chi connectivity index (χ3n) is 3.67. The molecule has 0 saturated heterocycles. The molecular weight excluding hydrogens is 237 g/mol. The van der Waals surface area contributed by atoms with Crippen LogP contribution < -0.4 is 5.32 Å². The zero-order valence-electron chi connectivity index (χ0n) is 10.2. The summed E-state index contributed by atoms with van der Waals surface area (Å²) in [5.41, 5.74) is 0.816. The number of hydrogen-bond acceptors (Lipinski definition) is 1. The Morgan fingerprint density at radius 3 is 2.71 bits per heavy atom. The molecule has 1 aliphatic rings. The number of halogens is 2. The summed E-state index contributed by atoms with van der Waals surface area (Å²) >= 11 is 5.88. The lowest BCUT2D eigenvalue weighted by Crippen LogP contribution is -2.43. The highest BCUT2D eigenvalue weighted by Crippen LogP contribution is 2.28. The van der Waals surface area contributed by atoms with Crippen LogP contribution in [0.2, 0.25) is 5.02 Å². The minimum atomic E-state index is -0.179. The van der Waals surface area contributed by atoms with Gasteiger partial charge < -0.3 is 5.32 Å². The Morgan fingerprint density at radius 1 is 1.29 bits per heavy atom. The summed E-state index contributed by atoms with van der Waals surface area (Å²) in [7, 11) is 0. The highest BCUT2D eigenvalue weighted by molar-refractivity contribution is 6.30. The molecule has 3 heteroatoms. The third kappa shape index (κ3) is 3.43. The molecule has 0 heterocycles. The topological polar surface area (TPSA) is 12.0 Å². The van der Waals surface area contributed by atoms with E-state index in [0.29, 0.717) is 17.1 Å². The van der Waals surface area contributed by atoms with Crippen molar-refractivity contribution < 1.29 is 4.39 Å². The van der Waals surface area contributed by atoms with Gasteiger partial charge in [0, 0.05) is 22.7 Å². The van der Waals surface area contributed by atoms with Gasteiger partial charge in [0.15, 0.2) is 0 Å². The normalized spacial score (nSPS) is 19.2. The Morgan fingerprint density at radius 2 is 2.00 bits per heavy atom. The van der Waals surface area contributed by atoms with Gasteiger partial charge in [-0.3, -0.25) is 0 Å². The van der Waals surface area contributed by atoms with E-state index in [1.807, 2.05) is 0 Å². The lowest BCUT2D eigenvalue weighted by Gasteiger charge is -2.35. The second kappa shape index (κ2) is 5.36. The fraction of sp³-hybridized carbons (Fsp3) is 0.571. The van der Waals surface area contributed by atoms with Gasteiger partial charge in [-0.2, -0.15) is 0 Å². The quantitative estimate of drug-likeness (QED) is 0.850. The van der Waals surface area contributed by atoms with Crippen LogP contribution in [-0.2, 0) is 6.54 Å². The molecule has 0 spiro atoms. The Bertz CT molecular complexity index is 386. The molecular formula is C14H19ClFN. The average molecular weight is 256 g/mol. The van der Waals surface area contributed by atoms with E-state index in [9.17, 15) is 4.39 Å². The lowest BCUT2D eigenvalue weighted by molar-refractivity contribution is 0.251. The highest BCUT2D eigenvalue weighted by Gasteiger charge is 2.25. The zero-order valence-corrected chi connectivity index (χ0v) is 11.0. The fourth-order valence-corrected chi connectivity index (χ4v) is 2.69. The van der Waals surface area contributed by atoms with Crippen molar-refractivity contribution in [2.45, 2.75) is 51.1 Å². The maximum absolute atomic E-state index is 13.5. The summed E-state index contributed by atoms with van der Waals surface area (Å²) < 4.78 is 13.5. The van der Waals surface area contributed by atoms with E-state index in [1.54, 1.807) is 12.1 Å². The largest absolute Gasteiger partial charge is 0.307 e. The van der Waals surface area contributed by atoms with Crippen molar-refractivity contribution in [2.24, 2.45) is 0 Å². The van der Waals surface area contributed by atoms with Crippen LogP contribution in [0.1, 0.15) is 44.6 Å². The summed E-state index contributed by atoms with van der Waals surface area (Å²) in [5, 5.41) is 4.08. The van der Waals surface area contributed by atoms with Gasteiger partial charge >= 0.3 is 0 Å². The molecule has 0 radical (unpaired) electrons. The van der Waals surface area contributed by atoms with Crippen LogP contribution in [0.5, 0.6) is 0 Å². The van der Waals surface area contributed by atoms with E-state index >= 15 is 0 Å². The number of rotatable bonds is 3. The van der Waals surface area contributed by atoms with Crippen LogP contribution in [-0.4, -0.2) is 5.54 Å². The van der Waals surface area contributed by atoms with Gasteiger partial charge in [0.2, 0.25) is 0 Å². The molecule has 0 amide bonds. The maximum atomic E-state index is 13.5. The molecule has 0 aliphatic heterocycles. The smallest absolute Gasteiger partial charge is 0.127 e. The highest BCUT2D eigenvalue weighted by atomic mass is 35.5. The standard InChI is InChI=1S/C14H19ClFN/c1-14(7-3-2-4-8-14)17-10-11-9-12(15)5-6-13(11)16/h5-6,9,17H,2-4,7-8,10H2,1H3. The second-order valence-electron chi connectivity index (χ2n) is 5.21. The van der Waals surface area contributed by atoms with Crippen LogP contribution >= 0.6 is 11.6 Å². The van der Waals surface area contributed by atoms with Crippen molar-refractivity contribution in [3.63, 3.8) is 0 Å². The van der Waals surface area contributed by atoms with Crippen LogP contribution in [0.4, 0.5) is 4.39 Å². The Balaban J connectivity index is 1.99. The van der Waals surface area contributed by atoms with Crippen LogP contribution in [0, 0.1) is 5.82 Å². The van der Waals surface area contributed by atoms with Gasteiger partial charge in [0.05, 0.1) is 0 Å². The molecule has 0 bridgehead atoms. The van der Waals surface area contributed by atoms with Gasteiger partial charge in [0.25, 0.3) is 0 Å². The van der Waals surface area contributed by atoms with Gasteiger partial charge in [-0.15, -0.1) is 0 Å². The van der Waals surface area contributed by atoms with E-state index in [0.717, 1.165) is 0 Å². The molecule has 0 unspecified atom stereocenters. The van der Waals surface area contributed by atoms with Crippen molar-refractivity contribution >= 4 is 11.6 Å². The van der Waals surface area contributed by atoms with Crippen molar-refractivity contribution in [1.29, 1.82) is 0 Å². The summed E-state index contributed by atoms with van der Waals surface area (Å²) in [5.74, 6) is -0.179. The van der Waals surface area contributed by atoms with E-state index in [2.05, 4.69) is 12.2 Å². The molecule has 94 valence electrons. The first kappa shape index (κ1) is 12.8. The Labute approximate surface area is 107 Å². The Kier molecular flexibility index (Phi) is 4.05. The third-order valence-corrected chi connectivity index (χ3v) is 3.91. The first-order valence-corrected chi connectivity index (χ1v) is 6.66. The van der Waals surface area contributed by atoms with Gasteiger partial charge in [0.1, 0.15) is 5.82 Å². The minimum Gasteiger partial charge on any atom is -0.307 e. The Hall–Kier alpha value is -0.600. The monoisotopic (exact) mass is 255 g/mol. The SMILES string of the molecule is CC1(NCc2cc(Cl)ccc2F)CCCCC1. The predicted octanol–water partition coefficient (Wildman–Crippen LogP) is 4.29. The molecule has 1 fully saturated rings. The fourth-order valence-electron chi connectivity index (χ4n) is 2.50. The summed E-state index contributed by atoms with van der Waals surface area (Å²) in [6, 6.07) is 4.72. The van der Waals surface area contributed by atoms with Gasteiger partial charge in [-0.1, -0.05) is 30.9 Å². The average Bonchev–Trinajstić information content (AvgIpc) is 2.31. The predicted molar refractivity (Wildman–Crippen MR) is 69.7 cm³/mol. The van der Waals surface area contributed by atoms with Crippen molar-refractivity contribution in [1.82, 2.24) is 5.32 Å². The lowest BCUT2D eigenvalue weighted by atomic mass is 9.83. The molecule has 1 N–H and O–H groups in total. The molecule has 2 rings (SSSR count). The number of benzene rings is 1. The van der Waals surface area contributed by atoms with Crippen LogP contribution in [0.3, 0.4) is 0 Å². The van der Waals surface area contributed by atoms with Crippen LogP contribution in [0.25, 0.3) is 0 Å². The molecule has 0 atom stereocenters. The minimum absolute atomic E-state index is 0.160. The zero-order chi connectivity index (χ0) is 12.3. The number of hydrogen-bond donors (Lipinski definition) is 1. The first-order valence-electron chi connectivity index (χ1n) is 6.28.